The van der Waals surface area contributed by atoms with Crippen LogP contribution in [0.5, 0.6) is 0 Å². The van der Waals surface area contributed by atoms with Crippen molar-refractivity contribution in [2.45, 2.75) is 37.6 Å². The third-order valence-electron chi connectivity index (χ3n) is 3.98. The van der Waals surface area contributed by atoms with Gasteiger partial charge in [-0.25, -0.2) is 4.98 Å². The van der Waals surface area contributed by atoms with Gasteiger partial charge in [0.25, 0.3) is 5.56 Å². The Morgan fingerprint density at radius 3 is 3.00 bits per heavy atom. The van der Waals surface area contributed by atoms with Gasteiger partial charge in [-0.05, 0) is 31.4 Å². The molecule has 1 aromatic heterocycles. The predicted octanol–water partition coefficient (Wildman–Crippen LogP) is 3.44. The second-order valence-electron chi connectivity index (χ2n) is 5.41. The van der Waals surface area contributed by atoms with Crippen molar-refractivity contribution in [2.75, 3.05) is 13.2 Å². The number of rotatable bonds is 3. The Balaban J connectivity index is 2.22. The number of halogens is 1. The van der Waals surface area contributed by atoms with Gasteiger partial charge in [0, 0.05) is 6.61 Å². The molecule has 0 N–H and O–H groups in total. The molecule has 4 nitrogen and oxygen atoms in total. The fourth-order valence-electron chi connectivity index (χ4n) is 2.85. The molecule has 2 aromatic rings. The van der Waals surface area contributed by atoms with Crippen LogP contribution in [0.25, 0.3) is 10.9 Å². The van der Waals surface area contributed by atoms with E-state index in [1.54, 1.807) is 4.57 Å². The van der Waals surface area contributed by atoms with E-state index in [1.807, 2.05) is 31.2 Å². The summed E-state index contributed by atoms with van der Waals surface area (Å²) in [5.74, 6) is 0.665. The minimum Gasteiger partial charge on any atom is -0.379 e. The highest BCUT2D eigenvalue weighted by molar-refractivity contribution is 6.20. The van der Waals surface area contributed by atoms with E-state index in [1.165, 1.54) is 0 Å². The van der Waals surface area contributed by atoms with E-state index >= 15 is 0 Å². The van der Waals surface area contributed by atoms with Crippen molar-refractivity contribution in [3.8, 4) is 0 Å². The second kappa shape index (κ2) is 6.16. The van der Waals surface area contributed by atoms with Crippen LogP contribution in [-0.2, 0) is 4.74 Å². The number of hydrogen-bond acceptors (Lipinski definition) is 3. The number of para-hydroxylation sites is 1. The van der Waals surface area contributed by atoms with E-state index in [4.69, 9.17) is 16.3 Å². The molecule has 21 heavy (non-hydrogen) atoms. The van der Waals surface area contributed by atoms with E-state index in [2.05, 4.69) is 4.98 Å². The number of alkyl halides is 1. The third-order valence-corrected chi connectivity index (χ3v) is 4.48. The summed E-state index contributed by atoms with van der Waals surface area (Å²) < 4.78 is 7.31. The number of ether oxygens (including phenoxy) is 1. The average Bonchev–Trinajstić information content (AvgIpc) is 2.55. The molecule has 112 valence electrons. The zero-order valence-electron chi connectivity index (χ0n) is 12.1. The molecule has 1 fully saturated rings. The fourth-order valence-corrected chi connectivity index (χ4v) is 3.00. The lowest BCUT2D eigenvalue weighted by molar-refractivity contribution is 0.0566. The quantitative estimate of drug-likeness (QED) is 0.816. The minimum atomic E-state index is -0.260. The molecular weight excluding hydrogens is 288 g/mol. The van der Waals surface area contributed by atoms with E-state index in [-0.39, 0.29) is 17.0 Å². The van der Waals surface area contributed by atoms with Gasteiger partial charge in [0.2, 0.25) is 0 Å². The zero-order valence-corrected chi connectivity index (χ0v) is 12.8. The van der Waals surface area contributed by atoms with Gasteiger partial charge in [0.05, 0.1) is 28.9 Å². The smallest absolute Gasteiger partial charge is 0.261 e. The first-order valence-corrected chi connectivity index (χ1v) is 7.89. The highest BCUT2D eigenvalue weighted by atomic mass is 35.5. The Morgan fingerprint density at radius 2 is 2.29 bits per heavy atom. The van der Waals surface area contributed by atoms with Gasteiger partial charge in [-0.15, -0.1) is 11.6 Å². The molecule has 0 amide bonds. The van der Waals surface area contributed by atoms with Crippen LogP contribution in [0.4, 0.5) is 0 Å². The highest BCUT2D eigenvalue weighted by Gasteiger charge is 2.24. The minimum absolute atomic E-state index is 0.00907. The van der Waals surface area contributed by atoms with Crippen molar-refractivity contribution >= 4 is 22.5 Å². The Labute approximate surface area is 128 Å². The van der Waals surface area contributed by atoms with Crippen LogP contribution in [0.15, 0.2) is 29.1 Å². The van der Waals surface area contributed by atoms with Crippen molar-refractivity contribution in [3.05, 3.63) is 40.4 Å². The fraction of sp³-hybridized carbons (Fsp3) is 0.500. The SMILES string of the molecule is CCC(Cl)c1nc2ccccc2c(=O)n1C1CCCOC1. The summed E-state index contributed by atoms with van der Waals surface area (Å²) in [6.07, 6.45) is 2.63. The summed E-state index contributed by atoms with van der Waals surface area (Å²) in [6.45, 7) is 3.32. The van der Waals surface area contributed by atoms with Crippen LogP contribution in [0.3, 0.4) is 0 Å². The molecule has 1 saturated heterocycles. The largest absolute Gasteiger partial charge is 0.379 e. The maximum atomic E-state index is 12.9. The third kappa shape index (κ3) is 2.70. The Kier molecular flexibility index (Phi) is 4.27. The molecule has 0 bridgehead atoms. The zero-order chi connectivity index (χ0) is 14.8. The summed E-state index contributed by atoms with van der Waals surface area (Å²) >= 11 is 6.42. The first kappa shape index (κ1) is 14.5. The molecule has 0 radical (unpaired) electrons. The Bertz CT molecular complexity index is 692. The van der Waals surface area contributed by atoms with E-state index in [0.29, 0.717) is 23.3 Å². The molecule has 1 aromatic carbocycles. The van der Waals surface area contributed by atoms with Crippen LogP contribution in [0, 0.1) is 0 Å². The molecule has 2 unspecified atom stereocenters. The van der Waals surface area contributed by atoms with Crippen LogP contribution in [0.1, 0.15) is 43.4 Å². The maximum absolute atomic E-state index is 12.9. The van der Waals surface area contributed by atoms with Crippen molar-refractivity contribution in [1.29, 1.82) is 0 Å². The van der Waals surface area contributed by atoms with Crippen LogP contribution < -0.4 is 5.56 Å². The molecule has 3 rings (SSSR count). The number of nitrogens with zero attached hydrogens (tertiary/aromatic N) is 2. The second-order valence-corrected chi connectivity index (χ2v) is 5.94. The van der Waals surface area contributed by atoms with Crippen LogP contribution >= 0.6 is 11.6 Å². The monoisotopic (exact) mass is 306 g/mol. The van der Waals surface area contributed by atoms with Crippen molar-refractivity contribution in [3.63, 3.8) is 0 Å². The molecule has 0 saturated carbocycles. The molecule has 2 heterocycles. The number of fused-ring (bicyclic) bond motifs is 1. The topological polar surface area (TPSA) is 44.1 Å². The van der Waals surface area contributed by atoms with Gasteiger partial charge < -0.3 is 4.74 Å². The summed E-state index contributed by atoms with van der Waals surface area (Å²) in [5, 5.41) is 0.385. The number of benzene rings is 1. The number of hydrogen-bond donors (Lipinski definition) is 0. The van der Waals surface area contributed by atoms with E-state index < -0.39 is 0 Å². The molecule has 1 aliphatic rings. The van der Waals surface area contributed by atoms with Crippen LogP contribution in [-0.4, -0.2) is 22.8 Å². The molecule has 0 aliphatic carbocycles. The van der Waals surface area contributed by atoms with Gasteiger partial charge >= 0.3 is 0 Å². The lowest BCUT2D eigenvalue weighted by Gasteiger charge is -2.27. The lowest BCUT2D eigenvalue weighted by Crippen LogP contribution is -2.34. The Hall–Kier alpha value is -1.39. The van der Waals surface area contributed by atoms with Crippen molar-refractivity contribution in [2.24, 2.45) is 0 Å². The van der Waals surface area contributed by atoms with Crippen LogP contribution in [0.2, 0.25) is 0 Å². The lowest BCUT2D eigenvalue weighted by atomic mass is 10.1. The van der Waals surface area contributed by atoms with Crippen molar-refractivity contribution in [1.82, 2.24) is 9.55 Å². The molecular formula is C16H19ClN2O2. The van der Waals surface area contributed by atoms with Gasteiger partial charge in [-0.2, -0.15) is 0 Å². The normalized spacial score (nSPS) is 20.6. The predicted molar refractivity (Wildman–Crippen MR) is 84.0 cm³/mol. The molecule has 2 atom stereocenters. The first-order valence-electron chi connectivity index (χ1n) is 7.45. The summed E-state index contributed by atoms with van der Waals surface area (Å²) in [7, 11) is 0. The summed E-state index contributed by atoms with van der Waals surface area (Å²) in [5.41, 5.74) is 0.703. The summed E-state index contributed by atoms with van der Waals surface area (Å²) in [6, 6.07) is 7.48. The molecule has 1 aliphatic heterocycles. The van der Waals surface area contributed by atoms with E-state index in [9.17, 15) is 4.79 Å². The van der Waals surface area contributed by atoms with E-state index in [0.717, 1.165) is 25.9 Å². The molecule has 0 spiro atoms. The Morgan fingerprint density at radius 1 is 1.48 bits per heavy atom. The average molecular weight is 307 g/mol. The standard InChI is InChI=1S/C16H19ClN2O2/c1-2-13(17)15-18-14-8-4-3-7-12(14)16(20)19(15)11-6-5-9-21-10-11/h3-4,7-8,11,13H,2,5-6,9-10H2,1H3. The highest BCUT2D eigenvalue weighted by Crippen LogP contribution is 2.27. The van der Waals surface area contributed by atoms with Gasteiger partial charge in [0.1, 0.15) is 5.82 Å². The van der Waals surface area contributed by atoms with Gasteiger partial charge in [-0.3, -0.25) is 9.36 Å². The maximum Gasteiger partial charge on any atom is 0.261 e. The summed E-state index contributed by atoms with van der Waals surface area (Å²) in [4.78, 5) is 17.5. The van der Waals surface area contributed by atoms with Gasteiger partial charge in [-0.1, -0.05) is 19.1 Å². The van der Waals surface area contributed by atoms with Gasteiger partial charge in [0.15, 0.2) is 0 Å². The molecule has 5 heteroatoms. The number of aromatic nitrogens is 2. The van der Waals surface area contributed by atoms with Crippen molar-refractivity contribution < 1.29 is 4.74 Å². The first-order chi connectivity index (χ1) is 10.2.